The van der Waals surface area contributed by atoms with Crippen molar-refractivity contribution in [3.8, 4) is 0 Å². The topological polar surface area (TPSA) is 33.5 Å². The zero-order valence-electron chi connectivity index (χ0n) is 17.4. The minimum atomic E-state index is 0.218. The Morgan fingerprint density at radius 3 is 2.46 bits per heavy atom. The average molecular weight is 364 g/mol. The molecule has 1 amide bonds. The number of allylic oxidation sites excluding steroid dienone is 4. The van der Waals surface area contributed by atoms with Crippen molar-refractivity contribution in [1.82, 2.24) is 5.32 Å². The molecule has 3 heteroatoms. The molecule has 3 nitrogen and oxygen atoms in total. The summed E-state index contributed by atoms with van der Waals surface area (Å²) in [7, 11) is 4.29. The van der Waals surface area contributed by atoms with Crippen LogP contribution in [0.2, 0.25) is 0 Å². The lowest BCUT2D eigenvalue weighted by Crippen LogP contribution is -3.05. The van der Waals surface area contributed by atoms with E-state index in [1.54, 1.807) is 0 Å². The second-order valence-corrected chi connectivity index (χ2v) is 8.13. The molecule has 1 atom stereocenters. The number of carbonyl (C=O) groups is 1. The van der Waals surface area contributed by atoms with Crippen LogP contribution in [0, 0.1) is 5.92 Å². The van der Waals surface area contributed by atoms with Crippen LogP contribution >= 0.6 is 0 Å². The predicted molar refractivity (Wildman–Crippen MR) is 112 cm³/mol. The van der Waals surface area contributed by atoms with Crippen LogP contribution in [-0.4, -0.2) is 33.1 Å². The number of hydrogen-bond acceptors (Lipinski definition) is 1. The van der Waals surface area contributed by atoms with E-state index in [-0.39, 0.29) is 5.91 Å². The van der Waals surface area contributed by atoms with Crippen LogP contribution in [0.5, 0.6) is 0 Å². The molecule has 0 spiro atoms. The van der Waals surface area contributed by atoms with Crippen LogP contribution in [0.1, 0.15) is 83.5 Å². The molecular weight excluding hydrogens is 320 g/mol. The molecule has 0 unspecified atom stereocenters. The Kier molecular flexibility index (Phi) is 14.2. The molecule has 0 fully saturated rings. The summed E-state index contributed by atoms with van der Waals surface area (Å²) >= 11 is 0. The SMILES string of the molecule is C[NH+](C)CCCNC(=O)CCCC/C=C/CCCCCC[C@H]1C=CCC1. The molecule has 0 aliphatic heterocycles. The third-order valence-electron chi connectivity index (χ3n) is 5.18. The van der Waals surface area contributed by atoms with Crippen molar-refractivity contribution in [2.24, 2.45) is 5.92 Å². The lowest BCUT2D eigenvalue weighted by molar-refractivity contribution is -0.858. The first-order valence-corrected chi connectivity index (χ1v) is 11.1. The van der Waals surface area contributed by atoms with Gasteiger partial charge in [0.1, 0.15) is 0 Å². The van der Waals surface area contributed by atoms with Crippen molar-refractivity contribution < 1.29 is 9.69 Å². The maximum atomic E-state index is 11.7. The van der Waals surface area contributed by atoms with Crippen molar-refractivity contribution in [3.63, 3.8) is 0 Å². The summed E-state index contributed by atoms with van der Waals surface area (Å²) in [6.07, 6.45) is 25.2. The van der Waals surface area contributed by atoms with Gasteiger partial charge in [-0.25, -0.2) is 0 Å². The van der Waals surface area contributed by atoms with Gasteiger partial charge < -0.3 is 10.2 Å². The summed E-state index contributed by atoms with van der Waals surface area (Å²) in [4.78, 5) is 13.1. The largest absolute Gasteiger partial charge is 0.356 e. The highest BCUT2D eigenvalue weighted by Crippen LogP contribution is 2.23. The third kappa shape index (κ3) is 14.1. The Hall–Kier alpha value is -1.09. The molecule has 0 aromatic rings. The first-order chi connectivity index (χ1) is 12.7. The normalized spacial score (nSPS) is 16.8. The summed E-state index contributed by atoms with van der Waals surface area (Å²) in [6, 6.07) is 0. The number of amides is 1. The number of quaternary nitrogens is 1. The highest BCUT2D eigenvalue weighted by Gasteiger charge is 2.07. The van der Waals surface area contributed by atoms with Crippen molar-refractivity contribution >= 4 is 5.91 Å². The molecule has 0 saturated carbocycles. The predicted octanol–water partition coefficient (Wildman–Crippen LogP) is 4.06. The second-order valence-electron chi connectivity index (χ2n) is 8.13. The van der Waals surface area contributed by atoms with Crippen LogP contribution in [0.3, 0.4) is 0 Å². The fourth-order valence-corrected chi connectivity index (χ4v) is 3.50. The Labute approximate surface area is 162 Å². The highest BCUT2D eigenvalue weighted by molar-refractivity contribution is 5.75. The van der Waals surface area contributed by atoms with Crippen molar-refractivity contribution in [1.29, 1.82) is 0 Å². The van der Waals surface area contributed by atoms with E-state index >= 15 is 0 Å². The van der Waals surface area contributed by atoms with Gasteiger partial charge >= 0.3 is 0 Å². The zero-order chi connectivity index (χ0) is 18.9. The van der Waals surface area contributed by atoms with Gasteiger partial charge in [-0.1, -0.05) is 43.6 Å². The Morgan fingerprint density at radius 1 is 1.04 bits per heavy atom. The van der Waals surface area contributed by atoms with E-state index in [2.05, 4.69) is 43.7 Å². The molecule has 1 aliphatic rings. The maximum absolute atomic E-state index is 11.7. The van der Waals surface area contributed by atoms with E-state index in [1.165, 1.54) is 56.3 Å². The molecule has 2 N–H and O–H groups in total. The second kappa shape index (κ2) is 16.1. The van der Waals surface area contributed by atoms with Crippen molar-refractivity contribution in [3.05, 3.63) is 24.3 Å². The summed E-state index contributed by atoms with van der Waals surface area (Å²) < 4.78 is 0. The van der Waals surface area contributed by atoms with Gasteiger partial charge in [-0.2, -0.15) is 0 Å². The molecular formula is C23H43N2O+. The number of nitrogens with one attached hydrogen (secondary N) is 2. The van der Waals surface area contributed by atoms with E-state index in [9.17, 15) is 4.79 Å². The molecule has 0 bridgehead atoms. The number of unbranched alkanes of at least 4 members (excludes halogenated alkanes) is 6. The van der Waals surface area contributed by atoms with E-state index in [4.69, 9.17) is 0 Å². The summed E-state index contributed by atoms with van der Waals surface area (Å²) in [5.74, 6) is 1.10. The summed E-state index contributed by atoms with van der Waals surface area (Å²) in [5, 5.41) is 3.02. The molecule has 0 heterocycles. The van der Waals surface area contributed by atoms with Crippen LogP contribution in [-0.2, 0) is 4.79 Å². The Balaban J connectivity index is 1.78. The van der Waals surface area contributed by atoms with Crippen molar-refractivity contribution in [2.45, 2.75) is 83.5 Å². The average Bonchev–Trinajstić information content (AvgIpc) is 3.13. The minimum Gasteiger partial charge on any atom is -0.356 e. The lowest BCUT2D eigenvalue weighted by atomic mass is 10.00. The third-order valence-corrected chi connectivity index (χ3v) is 5.18. The maximum Gasteiger partial charge on any atom is 0.219 e. The Bertz CT molecular complexity index is 401. The van der Waals surface area contributed by atoms with Crippen LogP contribution in [0.4, 0.5) is 0 Å². The minimum absolute atomic E-state index is 0.218. The van der Waals surface area contributed by atoms with Crippen LogP contribution in [0.25, 0.3) is 0 Å². The fraction of sp³-hybridized carbons (Fsp3) is 0.783. The molecule has 1 aliphatic carbocycles. The van der Waals surface area contributed by atoms with Gasteiger partial charge in [-0.15, -0.1) is 0 Å². The van der Waals surface area contributed by atoms with Gasteiger partial charge in [0.05, 0.1) is 20.6 Å². The first kappa shape index (κ1) is 23.0. The molecule has 150 valence electrons. The van der Waals surface area contributed by atoms with Gasteiger partial charge in [0.15, 0.2) is 0 Å². The summed E-state index contributed by atoms with van der Waals surface area (Å²) in [5.41, 5.74) is 0. The van der Waals surface area contributed by atoms with Gasteiger partial charge in [-0.05, 0) is 57.3 Å². The van der Waals surface area contributed by atoms with E-state index in [0.29, 0.717) is 6.42 Å². The standard InChI is InChI=1S/C23H42N2O/c1-25(2)21-15-20-24-23(26)19-12-10-8-6-4-3-5-7-9-11-16-22-17-13-14-18-22/h4,6,13,17,22H,3,5,7-12,14-16,18-21H2,1-2H3,(H,24,26)/p+1/b6-4+/t22-/m0/s1. The molecule has 26 heavy (non-hydrogen) atoms. The van der Waals surface area contributed by atoms with Gasteiger partial charge in [0, 0.05) is 19.4 Å². The summed E-state index contributed by atoms with van der Waals surface area (Å²) in [6.45, 7) is 1.93. The Morgan fingerprint density at radius 2 is 1.77 bits per heavy atom. The lowest BCUT2D eigenvalue weighted by Gasteiger charge is -2.07. The van der Waals surface area contributed by atoms with Crippen LogP contribution < -0.4 is 10.2 Å². The number of rotatable bonds is 16. The molecule has 0 radical (unpaired) electrons. The highest BCUT2D eigenvalue weighted by atomic mass is 16.1. The molecule has 1 rings (SSSR count). The van der Waals surface area contributed by atoms with Crippen LogP contribution in [0.15, 0.2) is 24.3 Å². The molecule has 0 aromatic heterocycles. The smallest absolute Gasteiger partial charge is 0.219 e. The number of hydrogen-bond donors (Lipinski definition) is 2. The molecule has 0 aromatic carbocycles. The monoisotopic (exact) mass is 363 g/mol. The van der Waals surface area contributed by atoms with Gasteiger partial charge in [0.25, 0.3) is 0 Å². The zero-order valence-corrected chi connectivity index (χ0v) is 17.4. The van der Waals surface area contributed by atoms with E-state index in [1.807, 2.05) is 0 Å². The fourth-order valence-electron chi connectivity index (χ4n) is 3.50. The van der Waals surface area contributed by atoms with E-state index in [0.717, 1.165) is 44.7 Å². The quantitative estimate of drug-likeness (QED) is 0.315. The van der Waals surface area contributed by atoms with E-state index < -0.39 is 0 Å². The van der Waals surface area contributed by atoms with Gasteiger partial charge in [-0.3, -0.25) is 4.79 Å². The number of carbonyl (C=O) groups excluding carboxylic acids is 1. The van der Waals surface area contributed by atoms with Crippen molar-refractivity contribution in [2.75, 3.05) is 27.2 Å². The molecule has 0 saturated heterocycles. The first-order valence-electron chi connectivity index (χ1n) is 11.1. The van der Waals surface area contributed by atoms with Gasteiger partial charge in [0.2, 0.25) is 5.91 Å².